The Kier molecular flexibility index (Phi) is 4.21. The van der Waals surface area contributed by atoms with Crippen LogP contribution in [0.4, 0.5) is 0 Å². The maximum Gasteiger partial charge on any atom is 0.174 e. The second kappa shape index (κ2) is 5.88. The van der Waals surface area contributed by atoms with Crippen LogP contribution in [-0.4, -0.2) is 31.3 Å². The fourth-order valence-corrected chi connectivity index (χ4v) is 1.81. The summed E-state index contributed by atoms with van der Waals surface area (Å²) in [4.78, 5) is 13.0. The van der Waals surface area contributed by atoms with Gasteiger partial charge in [0.15, 0.2) is 5.82 Å². The smallest absolute Gasteiger partial charge is 0.174 e. The van der Waals surface area contributed by atoms with Crippen molar-refractivity contribution in [2.75, 3.05) is 6.54 Å². The van der Waals surface area contributed by atoms with E-state index in [9.17, 15) is 0 Å². The molecule has 19 heavy (non-hydrogen) atoms. The van der Waals surface area contributed by atoms with Gasteiger partial charge in [-0.25, -0.2) is 9.97 Å². The third-order valence-corrected chi connectivity index (χ3v) is 2.62. The normalized spacial score (nSPS) is 11.2. The van der Waals surface area contributed by atoms with Crippen molar-refractivity contribution < 1.29 is 0 Å². The van der Waals surface area contributed by atoms with Crippen molar-refractivity contribution in [1.29, 1.82) is 0 Å². The predicted octanol–water partition coefficient (Wildman–Crippen LogP) is 1.42. The van der Waals surface area contributed by atoms with E-state index in [1.165, 1.54) is 0 Å². The molecular formula is C13H20N6. The number of aryl methyl sites for hydroxylation is 2. The van der Waals surface area contributed by atoms with Crippen LogP contribution in [0.3, 0.4) is 0 Å². The molecule has 0 fully saturated rings. The largest absolute Gasteiger partial charge is 0.311 e. The molecule has 0 saturated heterocycles. The molecule has 0 unspecified atom stereocenters. The van der Waals surface area contributed by atoms with E-state index in [1.54, 1.807) is 17.1 Å². The summed E-state index contributed by atoms with van der Waals surface area (Å²) in [5.74, 6) is 2.89. The molecule has 0 aliphatic rings. The zero-order valence-electron chi connectivity index (χ0n) is 11.9. The highest BCUT2D eigenvalue weighted by atomic mass is 15.4. The summed E-state index contributed by atoms with van der Waals surface area (Å²) in [6.07, 6.45) is 3.48. The number of nitrogens with one attached hydrogen (secondary N) is 1. The van der Waals surface area contributed by atoms with Crippen LogP contribution in [0.25, 0.3) is 5.82 Å². The van der Waals surface area contributed by atoms with Crippen molar-refractivity contribution in [2.24, 2.45) is 5.92 Å². The molecule has 2 aromatic rings. The maximum atomic E-state index is 4.55. The standard InChI is InChI=1S/C13H20N6/c1-9(2)5-14-6-12-7-15-8-13(17-12)19-11(4)16-10(3)18-19/h7-9,14H,5-6H2,1-4H3. The van der Waals surface area contributed by atoms with E-state index in [-0.39, 0.29) is 0 Å². The van der Waals surface area contributed by atoms with E-state index in [4.69, 9.17) is 0 Å². The minimum Gasteiger partial charge on any atom is -0.311 e. The highest BCUT2D eigenvalue weighted by molar-refractivity contribution is 5.20. The van der Waals surface area contributed by atoms with E-state index < -0.39 is 0 Å². The molecule has 0 amide bonds. The molecule has 0 saturated carbocycles. The molecule has 0 spiro atoms. The molecule has 2 aromatic heterocycles. The molecule has 6 nitrogen and oxygen atoms in total. The SMILES string of the molecule is Cc1nc(C)n(-c2cncc(CNCC(C)C)n2)n1. The summed E-state index contributed by atoms with van der Waals surface area (Å²) in [5, 5.41) is 7.66. The lowest BCUT2D eigenvalue weighted by atomic mass is 10.2. The van der Waals surface area contributed by atoms with Gasteiger partial charge < -0.3 is 5.32 Å². The molecule has 0 aliphatic heterocycles. The lowest BCUT2D eigenvalue weighted by molar-refractivity contribution is 0.547. The quantitative estimate of drug-likeness (QED) is 0.880. The molecule has 0 bridgehead atoms. The van der Waals surface area contributed by atoms with Gasteiger partial charge in [0.1, 0.15) is 11.6 Å². The first-order valence-corrected chi connectivity index (χ1v) is 6.48. The van der Waals surface area contributed by atoms with Gasteiger partial charge in [0.2, 0.25) is 0 Å². The molecule has 102 valence electrons. The van der Waals surface area contributed by atoms with Gasteiger partial charge in [0.25, 0.3) is 0 Å². The molecule has 0 aromatic carbocycles. The number of hydrogen-bond acceptors (Lipinski definition) is 5. The zero-order valence-corrected chi connectivity index (χ0v) is 11.9. The third kappa shape index (κ3) is 3.57. The Morgan fingerprint density at radius 2 is 2.00 bits per heavy atom. The van der Waals surface area contributed by atoms with Crippen LogP contribution >= 0.6 is 0 Å². The van der Waals surface area contributed by atoms with Crippen molar-refractivity contribution in [3.05, 3.63) is 29.7 Å². The predicted molar refractivity (Wildman–Crippen MR) is 73.0 cm³/mol. The van der Waals surface area contributed by atoms with Crippen LogP contribution in [0.15, 0.2) is 12.4 Å². The summed E-state index contributed by atoms with van der Waals surface area (Å²) in [7, 11) is 0. The first-order valence-electron chi connectivity index (χ1n) is 6.48. The molecular weight excluding hydrogens is 240 g/mol. The Morgan fingerprint density at radius 3 is 2.63 bits per heavy atom. The Balaban J connectivity index is 2.13. The summed E-state index contributed by atoms with van der Waals surface area (Å²) in [5.41, 5.74) is 0.908. The number of hydrogen-bond donors (Lipinski definition) is 1. The lowest BCUT2D eigenvalue weighted by Crippen LogP contribution is -2.20. The summed E-state index contributed by atoms with van der Waals surface area (Å²) >= 11 is 0. The second-order valence-corrected chi connectivity index (χ2v) is 5.01. The molecule has 0 atom stereocenters. The van der Waals surface area contributed by atoms with Gasteiger partial charge >= 0.3 is 0 Å². The van der Waals surface area contributed by atoms with Crippen LogP contribution in [-0.2, 0) is 6.54 Å². The number of aromatic nitrogens is 5. The zero-order chi connectivity index (χ0) is 13.8. The van der Waals surface area contributed by atoms with Crippen molar-refractivity contribution in [3.63, 3.8) is 0 Å². The first kappa shape index (κ1) is 13.6. The van der Waals surface area contributed by atoms with E-state index in [1.807, 2.05) is 13.8 Å². The highest BCUT2D eigenvalue weighted by Crippen LogP contribution is 2.06. The van der Waals surface area contributed by atoms with Gasteiger partial charge in [-0.05, 0) is 26.3 Å². The van der Waals surface area contributed by atoms with E-state index >= 15 is 0 Å². The minimum absolute atomic E-state index is 0.622. The van der Waals surface area contributed by atoms with Crippen LogP contribution < -0.4 is 5.32 Å². The molecule has 6 heteroatoms. The average molecular weight is 260 g/mol. The van der Waals surface area contributed by atoms with Crippen LogP contribution in [0.1, 0.15) is 31.2 Å². The van der Waals surface area contributed by atoms with Gasteiger partial charge in [0.05, 0.1) is 11.9 Å². The summed E-state index contributed by atoms with van der Waals surface area (Å²) in [6, 6.07) is 0. The Bertz CT molecular complexity index is 546. The van der Waals surface area contributed by atoms with Gasteiger partial charge in [-0.2, -0.15) is 4.68 Å². The molecule has 2 rings (SSSR count). The molecule has 2 heterocycles. The van der Waals surface area contributed by atoms with Crippen LogP contribution in [0.2, 0.25) is 0 Å². The van der Waals surface area contributed by atoms with Crippen molar-refractivity contribution >= 4 is 0 Å². The van der Waals surface area contributed by atoms with Gasteiger partial charge in [-0.3, -0.25) is 4.98 Å². The van der Waals surface area contributed by atoms with E-state index in [0.29, 0.717) is 18.3 Å². The molecule has 1 N–H and O–H groups in total. The van der Waals surface area contributed by atoms with E-state index in [2.05, 4.69) is 39.2 Å². The highest BCUT2D eigenvalue weighted by Gasteiger charge is 2.07. The summed E-state index contributed by atoms with van der Waals surface area (Å²) in [6.45, 7) is 9.81. The second-order valence-electron chi connectivity index (χ2n) is 5.01. The first-order chi connectivity index (χ1) is 9.06. The van der Waals surface area contributed by atoms with Crippen molar-refractivity contribution in [1.82, 2.24) is 30.0 Å². The Hall–Kier alpha value is -1.82. The minimum atomic E-state index is 0.622. The van der Waals surface area contributed by atoms with Crippen LogP contribution in [0.5, 0.6) is 0 Å². The van der Waals surface area contributed by atoms with Gasteiger partial charge in [-0.15, -0.1) is 5.10 Å². The fraction of sp³-hybridized carbons (Fsp3) is 0.538. The Morgan fingerprint density at radius 1 is 1.21 bits per heavy atom. The van der Waals surface area contributed by atoms with E-state index in [0.717, 1.165) is 23.9 Å². The van der Waals surface area contributed by atoms with Crippen molar-refractivity contribution in [2.45, 2.75) is 34.2 Å². The van der Waals surface area contributed by atoms with Crippen LogP contribution in [0, 0.1) is 19.8 Å². The molecule has 0 aliphatic carbocycles. The average Bonchev–Trinajstić information content (AvgIpc) is 2.68. The Labute approximate surface area is 113 Å². The topological polar surface area (TPSA) is 68.5 Å². The monoisotopic (exact) mass is 260 g/mol. The van der Waals surface area contributed by atoms with Gasteiger partial charge in [-0.1, -0.05) is 13.8 Å². The van der Waals surface area contributed by atoms with Crippen molar-refractivity contribution in [3.8, 4) is 5.82 Å². The number of nitrogens with zero attached hydrogens (tertiary/aromatic N) is 5. The summed E-state index contributed by atoms with van der Waals surface area (Å²) < 4.78 is 1.72. The lowest BCUT2D eigenvalue weighted by Gasteiger charge is -2.08. The number of rotatable bonds is 5. The fourth-order valence-electron chi connectivity index (χ4n) is 1.81. The maximum absolute atomic E-state index is 4.55. The third-order valence-electron chi connectivity index (χ3n) is 2.62. The molecule has 0 radical (unpaired) electrons. The van der Waals surface area contributed by atoms with Gasteiger partial charge in [0, 0.05) is 12.7 Å².